The second-order valence-electron chi connectivity index (χ2n) is 6.09. The lowest BCUT2D eigenvalue weighted by Crippen LogP contribution is -2.19. The number of terminal acetylenes is 1. The van der Waals surface area contributed by atoms with Crippen LogP contribution >= 0.6 is 0 Å². The van der Waals surface area contributed by atoms with E-state index >= 15 is 0 Å². The standard InChI is InChI=1S/C22H21N3O3/c1-4-11-25-15-17(18-7-5-6-8-19(18)25)14-23-24-22(26)13-16-9-10-20(27-2)21(12-16)28-3/h1,5-10,12,14-15H,11,13H2,2-3H3,(H,24,26)/b23-14+. The van der Waals surface area contributed by atoms with E-state index in [1.165, 1.54) is 0 Å². The van der Waals surface area contributed by atoms with Gasteiger partial charge < -0.3 is 14.0 Å². The molecule has 6 heteroatoms. The number of ether oxygens (including phenoxy) is 2. The number of rotatable bonds is 7. The molecule has 1 heterocycles. The number of nitrogens with zero attached hydrogens (tertiary/aromatic N) is 2. The van der Waals surface area contributed by atoms with Crippen LogP contribution in [0, 0.1) is 12.3 Å². The molecular weight excluding hydrogens is 354 g/mol. The van der Waals surface area contributed by atoms with E-state index in [1.807, 2.05) is 41.1 Å². The molecule has 2 aromatic carbocycles. The fourth-order valence-electron chi connectivity index (χ4n) is 3.00. The summed E-state index contributed by atoms with van der Waals surface area (Å²) < 4.78 is 12.4. The van der Waals surface area contributed by atoms with Gasteiger partial charge in [-0.05, 0) is 23.8 Å². The zero-order valence-corrected chi connectivity index (χ0v) is 15.8. The maximum absolute atomic E-state index is 12.2. The molecule has 142 valence electrons. The number of hydrazone groups is 1. The SMILES string of the molecule is C#CCn1cc(/C=N/NC(=O)Cc2ccc(OC)c(OC)c2)c2ccccc21. The average Bonchev–Trinajstić information content (AvgIpc) is 3.06. The van der Waals surface area contributed by atoms with Gasteiger partial charge in [-0.1, -0.05) is 30.2 Å². The molecule has 3 rings (SSSR count). The van der Waals surface area contributed by atoms with Crippen molar-refractivity contribution in [3.63, 3.8) is 0 Å². The lowest BCUT2D eigenvalue weighted by molar-refractivity contribution is -0.120. The van der Waals surface area contributed by atoms with Crippen LogP contribution < -0.4 is 14.9 Å². The van der Waals surface area contributed by atoms with Crippen LogP contribution in [-0.2, 0) is 17.8 Å². The quantitative estimate of drug-likeness (QED) is 0.392. The zero-order valence-electron chi connectivity index (χ0n) is 15.8. The first kappa shape index (κ1) is 19.1. The number of hydrogen-bond donors (Lipinski definition) is 1. The Morgan fingerprint density at radius 3 is 2.75 bits per heavy atom. The van der Waals surface area contributed by atoms with Crippen molar-refractivity contribution in [2.45, 2.75) is 13.0 Å². The monoisotopic (exact) mass is 375 g/mol. The third-order valence-electron chi connectivity index (χ3n) is 4.29. The van der Waals surface area contributed by atoms with Gasteiger partial charge in [0.2, 0.25) is 5.91 Å². The first-order valence-corrected chi connectivity index (χ1v) is 8.70. The highest BCUT2D eigenvalue weighted by Gasteiger charge is 2.09. The van der Waals surface area contributed by atoms with Crippen molar-refractivity contribution in [2.24, 2.45) is 5.10 Å². The molecule has 0 saturated carbocycles. The van der Waals surface area contributed by atoms with Gasteiger partial charge in [-0.3, -0.25) is 4.79 Å². The molecule has 3 aromatic rings. The molecule has 28 heavy (non-hydrogen) atoms. The largest absolute Gasteiger partial charge is 0.493 e. The van der Waals surface area contributed by atoms with Crippen molar-refractivity contribution >= 4 is 23.0 Å². The lowest BCUT2D eigenvalue weighted by atomic mass is 10.1. The Morgan fingerprint density at radius 1 is 1.21 bits per heavy atom. The second-order valence-corrected chi connectivity index (χ2v) is 6.09. The molecule has 0 radical (unpaired) electrons. The van der Waals surface area contributed by atoms with E-state index in [0.717, 1.165) is 22.0 Å². The van der Waals surface area contributed by atoms with Gasteiger partial charge in [-0.2, -0.15) is 5.10 Å². The normalized spacial score (nSPS) is 10.8. The number of amides is 1. The Balaban J connectivity index is 1.69. The van der Waals surface area contributed by atoms with E-state index in [2.05, 4.69) is 16.4 Å². The third kappa shape index (κ3) is 4.15. The van der Waals surface area contributed by atoms with Crippen LogP contribution in [-0.4, -0.2) is 30.9 Å². The second kappa shape index (κ2) is 8.78. The van der Waals surface area contributed by atoms with E-state index in [4.69, 9.17) is 15.9 Å². The first-order valence-electron chi connectivity index (χ1n) is 8.70. The Labute approximate surface area is 163 Å². The number of carbonyl (C=O) groups excluding carboxylic acids is 1. The number of aromatic nitrogens is 1. The summed E-state index contributed by atoms with van der Waals surface area (Å²) in [6, 6.07) is 13.3. The summed E-state index contributed by atoms with van der Waals surface area (Å²) in [5, 5.41) is 5.12. The number of carbonyl (C=O) groups is 1. The zero-order chi connectivity index (χ0) is 19.9. The Morgan fingerprint density at radius 2 is 2.00 bits per heavy atom. The highest BCUT2D eigenvalue weighted by atomic mass is 16.5. The summed E-state index contributed by atoms with van der Waals surface area (Å²) in [6.45, 7) is 0.472. The van der Waals surface area contributed by atoms with Crippen LogP contribution in [0.1, 0.15) is 11.1 Å². The molecule has 0 aliphatic heterocycles. The van der Waals surface area contributed by atoms with Gasteiger partial charge in [-0.25, -0.2) is 5.43 Å². The smallest absolute Gasteiger partial charge is 0.244 e. The Bertz CT molecular complexity index is 1060. The van der Waals surface area contributed by atoms with Crippen molar-refractivity contribution < 1.29 is 14.3 Å². The van der Waals surface area contributed by atoms with Gasteiger partial charge in [0, 0.05) is 22.7 Å². The molecule has 0 atom stereocenters. The van der Waals surface area contributed by atoms with Crippen molar-refractivity contribution in [2.75, 3.05) is 14.2 Å². The van der Waals surface area contributed by atoms with Gasteiger partial charge in [-0.15, -0.1) is 6.42 Å². The Hall–Kier alpha value is -3.72. The molecule has 6 nitrogen and oxygen atoms in total. The number of nitrogens with one attached hydrogen (secondary N) is 1. The maximum atomic E-state index is 12.2. The Kier molecular flexibility index (Phi) is 5.97. The predicted octanol–water partition coefficient (Wildman–Crippen LogP) is 2.98. The van der Waals surface area contributed by atoms with Gasteiger partial charge in [0.15, 0.2) is 11.5 Å². The topological polar surface area (TPSA) is 64.9 Å². The van der Waals surface area contributed by atoms with Crippen LogP contribution in [0.15, 0.2) is 53.8 Å². The number of fused-ring (bicyclic) bond motifs is 1. The maximum Gasteiger partial charge on any atom is 0.244 e. The van der Waals surface area contributed by atoms with E-state index in [-0.39, 0.29) is 12.3 Å². The number of benzene rings is 2. The van der Waals surface area contributed by atoms with Gasteiger partial charge in [0.1, 0.15) is 0 Å². The van der Waals surface area contributed by atoms with Crippen LogP contribution in [0.5, 0.6) is 11.5 Å². The lowest BCUT2D eigenvalue weighted by Gasteiger charge is -2.09. The summed E-state index contributed by atoms with van der Waals surface area (Å²) in [4.78, 5) is 12.2. The van der Waals surface area contributed by atoms with Crippen molar-refractivity contribution in [3.05, 3.63) is 59.8 Å². The van der Waals surface area contributed by atoms with Crippen LogP contribution in [0.3, 0.4) is 0 Å². The summed E-state index contributed by atoms with van der Waals surface area (Å²) in [5.41, 5.74) is 5.28. The summed E-state index contributed by atoms with van der Waals surface area (Å²) in [7, 11) is 3.13. The van der Waals surface area contributed by atoms with Crippen molar-refractivity contribution in [1.29, 1.82) is 0 Å². The minimum Gasteiger partial charge on any atom is -0.493 e. The molecule has 1 N–H and O–H groups in total. The number of hydrogen-bond acceptors (Lipinski definition) is 4. The molecule has 0 bridgehead atoms. The summed E-state index contributed by atoms with van der Waals surface area (Å²) in [6.07, 6.45) is 9.16. The van der Waals surface area contributed by atoms with Crippen molar-refractivity contribution in [3.8, 4) is 23.8 Å². The van der Waals surface area contributed by atoms with Gasteiger partial charge in [0.05, 0.1) is 33.4 Å². The van der Waals surface area contributed by atoms with Crippen LogP contribution in [0.4, 0.5) is 0 Å². The molecule has 1 aromatic heterocycles. The molecule has 0 saturated heterocycles. The van der Waals surface area contributed by atoms with E-state index in [9.17, 15) is 4.79 Å². The molecule has 0 fully saturated rings. The minimum absolute atomic E-state index is 0.177. The average molecular weight is 375 g/mol. The molecular formula is C22H21N3O3. The van der Waals surface area contributed by atoms with Crippen LogP contribution in [0.25, 0.3) is 10.9 Å². The number of para-hydroxylation sites is 1. The highest BCUT2D eigenvalue weighted by molar-refractivity contribution is 5.99. The van der Waals surface area contributed by atoms with Crippen LogP contribution in [0.2, 0.25) is 0 Å². The fraction of sp³-hybridized carbons (Fsp3) is 0.182. The van der Waals surface area contributed by atoms with Gasteiger partial charge in [0.25, 0.3) is 0 Å². The third-order valence-corrected chi connectivity index (χ3v) is 4.29. The molecule has 1 amide bonds. The highest BCUT2D eigenvalue weighted by Crippen LogP contribution is 2.27. The molecule has 0 unspecified atom stereocenters. The predicted molar refractivity (Wildman–Crippen MR) is 110 cm³/mol. The van der Waals surface area contributed by atoms with E-state index < -0.39 is 0 Å². The summed E-state index contributed by atoms with van der Waals surface area (Å²) >= 11 is 0. The minimum atomic E-state index is -0.226. The summed E-state index contributed by atoms with van der Waals surface area (Å²) in [5.74, 6) is 3.61. The first-order chi connectivity index (χ1) is 13.7. The fourth-order valence-corrected chi connectivity index (χ4v) is 3.00. The van der Waals surface area contributed by atoms with E-state index in [1.54, 1.807) is 32.6 Å². The number of methoxy groups -OCH3 is 2. The van der Waals surface area contributed by atoms with Crippen molar-refractivity contribution in [1.82, 2.24) is 9.99 Å². The molecule has 0 aliphatic carbocycles. The van der Waals surface area contributed by atoms with Gasteiger partial charge >= 0.3 is 0 Å². The molecule has 0 spiro atoms. The molecule has 0 aliphatic rings. The van der Waals surface area contributed by atoms with E-state index in [0.29, 0.717) is 18.0 Å².